The fourth-order valence-corrected chi connectivity index (χ4v) is 6.25. The summed E-state index contributed by atoms with van der Waals surface area (Å²) in [5, 5.41) is 17.4. The molecule has 2 aromatic carbocycles. The van der Waals surface area contributed by atoms with Crippen molar-refractivity contribution in [1.82, 2.24) is 14.9 Å². The second kappa shape index (κ2) is 15.5. The lowest BCUT2D eigenvalue weighted by Gasteiger charge is -2.31. The summed E-state index contributed by atoms with van der Waals surface area (Å²) in [6.07, 6.45) is 6.25. The van der Waals surface area contributed by atoms with Crippen LogP contribution in [0.15, 0.2) is 42.5 Å². The van der Waals surface area contributed by atoms with Gasteiger partial charge in [0.1, 0.15) is 6.04 Å². The molecule has 218 valence electrons. The van der Waals surface area contributed by atoms with Gasteiger partial charge in [-0.25, -0.2) is 8.42 Å². The van der Waals surface area contributed by atoms with Gasteiger partial charge in [-0.2, -0.15) is 4.31 Å². The summed E-state index contributed by atoms with van der Waals surface area (Å²) >= 11 is 0. The van der Waals surface area contributed by atoms with E-state index in [-0.39, 0.29) is 44.5 Å². The normalized spacial score (nSPS) is 17.1. The fourth-order valence-electron chi connectivity index (χ4n) is 5.00. The number of nitrogens with one attached hydrogen (secondary N) is 2. The van der Waals surface area contributed by atoms with Gasteiger partial charge in [0.15, 0.2) is 0 Å². The summed E-state index contributed by atoms with van der Waals surface area (Å²) in [6, 6.07) is 12.7. The number of hydrogen-bond donors (Lipinski definition) is 4. The first kappa shape index (κ1) is 33.0. The third kappa shape index (κ3) is 10.0. The van der Waals surface area contributed by atoms with Gasteiger partial charge >= 0.3 is 0 Å². The minimum Gasteiger partial charge on any atom is -0.390 e. The minimum absolute atomic E-state index is 0. The van der Waals surface area contributed by atoms with Crippen LogP contribution in [0, 0.1) is 5.92 Å². The zero-order valence-electron chi connectivity index (χ0n) is 22.8. The van der Waals surface area contributed by atoms with E-state index in [0.29, 0.717) is 0 Å². The number of nitrogens with two attached hydrogens (primary N) is 1. The van der Waals surface area contributed by atoms with Gasteiger partial charge in [-0.15, -0.1) is 12.4 Å². The van der Waals surface area contributed by atoms with Gasteiger partial charge in [-0.3, -0.25) is 9.59 Å². The van der Waals surface area contributed by atoms with E-state index in [1.807, 2.05) is 42.5 Å². The molecule has 39 heavy (non-hydrogen) atoms. The first-order valence-electron chi connectivity index (χ1n) is 13.5. The Bertz CT molecular complexity index is 1190. The zero-order valence-corrected chi connectivity index (χ0v) is 24.5. The molecule has 2 aromatic rings. The Kier molecular flexibility index (Phi) is 13.1. The highest BCUT2D eigenvalue weighted by Crippen LogP contribution is 2.25. The van der Waals surface area contributed by atoms with Crippen LogP contribution < -0.4 is 16.4 Å². The number of rotatable bonds is 12. The highest BCUT2D eigenvalue weighted by atomic mass is 35.5. The quantitative estimate of drug-likeness (QED) is 0.283. The number of aliphatic hydroxyl groups is 1. The van der Waals surface area contributed by atoms with Gasteiger partial charge in [-0.1, -0.05) is 75.1 Å². The van der Waals surface area contributed by atoms with Crippen molar-refractivity contribution in [3.63, 3.8) is 0 Å². The molecule has 1 saturated carbocycles. The number of benzene rings is 2. The molecule has 11 heteroatoms. The molecule has 0 saturated heterocycles. The molecule has 0 heterocycles. The lowest BCUT2D eigenvalue weighted by atomic mass is 10.00. The number of carbonyl (C=O) groups excluding carboxylic acids is 2. The third-order valence-corrected chi connectivity index (χ3v) is 8.53. The van der Waals surface area contributed by atoms with Crippen molar-refractivity contribution in [1.29, 1.82) is 0 Å². The largest absolute Gasteiger partial charge is 0.390 e. The molecule has 9 nitrogen and oxygen atoms in total. The van der Waals surface area contributed by atoms with Crippen molar-refractivity contribution < 1.29 is 23.1 Å². The average Bonchev–Trinajstić information content (AvgIpc) is 3.18. The van der Waals surface area contributed by atoms with Crippen LogP contribution in [-0.4, -0.2) is 73.7 Å². The van der Waals surface area contributed by atoms with E-state index >= 15 is 0 Å². The van der Waals surface area contributed by atoms with Gasteiger partial charge in [0.25, 0.3) is 0 Å². The van der Waals surface area contributed by atoms with Crippen LogP contribution in [0.3, 0.4) is 0 Å². The number of amides is 2. The maximum atomic E-state index is 13.3. The van der Waals surface area contributed by atoms with Crippen LogP contribution in [-0.2, 0) is 26.0 Å². The Labute approximate surface area is 238 Å². The van der Waals surface area contributed by atoms with Crippen LogP contribution in [0.2, 0.25) is 0 Å². The standard InChI is InChI=1S/C28H42N4O5S.ClH/c1-20(19-32(38(2,36)37)24-11-5-3-4-6-12-24)27(34)31-26(28(35)30-18-25(33)17-29)16-21-13-14-22-9-7-8-10-23(22)15-21;/h7-10,13-15,20,24-26,33H,3-6,11-12,16-19,29H2,1-2H3,(H,30,35)(H,31,34);1H/t20-,25?,26?;/m1./s1. The molecule has 0 aliphatic heterocycles. The van der Waals surface area contributed by atoms with E-state index in [0.717, 1.165) is 54.9 Å². The van der Waals surface area contributed by atoms with Gasteiger partial charge < -0.3 is 21.5 Å². The zero-order chi connectivity index (χ0) is 27.7. The van der Waals surface area contributed by atoms with E-state index in [1.54, 1.807) is 6.92 Å². The molecule has 1 fully saturated rings. The SMILES string of the molecule is C[C@H](CN(C1CCCCCC1)S(C)(=O)=O)C(=O)NC(Cc1ccc2ccccc2c1)C(=O)NCC(O)CN.Cl. The van der Waals surface area contributed by atoms with E-state index in [2.05, 4.69) is 10.6 Å². The van der Waals surface area contributed by atoms with Crippen molar-refractivity contribution in [2.75, 3.05) is 25.9 Å². The van der Waals surface area contributed by atoms with Crippen LogP contribution in [0.4, 0.5) is 0 Å². The predicted octanol–water partition coefficient (Wildman–Crippen LogP) is 2.35. The fraction of sp³-hybridized carbons (Fsp3) is 0.571. The van der Waals surface area contributed by atoms with E-state index < -0.39 is 39.9 Å². The number of nitrogens with zero attached hydrogens (tertiary/aromatic N) is 1. The topological polar surface area (TPSA) is 142 Å². The molecule has 0 radical (unpaired) electrons. The van der Waals surface area contributed by atoms with Crippen molar-refractivity contribution in [3.05, 3.63) is 48.0 Å². The molecule has 3 atom stereocenters. The van der Waals surface area contributed by atoms with Crippen molar-refractivity contribution in [2.24, 2.45) is 11.7 Å². The number of halogens is 1. The van der Waals surface area contributed by atoms with E-state index in [4.69, 9.17) is 5.73 Å². The molecule has 0 bridgehead atoms. The number of carbonyl (C=O) groups is 2. The maximum absolute atomic E-state index is 13.3. The molecular formula is C28H43ClN4O5S. The number of hydrogen-bond acceptors (Lipinski definition) is 6. The Morgan fingerprint density at radius 3 is 2.31 bits per heavy atom. The molecule has 2 amide bonds. The molecular weight excluding hydrogens is 540 g/mol. The van der Waals surface area contributed by atoms with Gasteiger partial charge in [0, 0.05) is 38.0 Å². The van der Waals surface area contributed by atoms with Crippen LogP contribution in [0.5, 0.6) is 0 Å². The molecule has 1 aliphatic carbocycles. The molecule has 3 rings (SSSR count). The monoisotopic (exact) mass is 582 g/mol. The molecule has 2 unspecified atom stereocenters. The lowest BCUT2D eigenvalue weighted by Crippen LogP contribution is -2.52. The highest BCUT2D eigenvalue weighted by molar-refractivity contribution is 7.88. The average molecular weight is 583 g/mol. The predicted molar refractivity (Wildman–Crippen MR) is 157 cm³/mol. The Morgan fingerprint density at radius 1 is 1.05 bits per heavy atom. The number of aliphatic hydroxyl groups excluding tert-OH is 1. The summed E-state index contributed by atoms with van der Waals surface area (Å²) in [6.45, 7) is 1.72. The first-order valence-corrected chi connectivity index (χ1v) is 15.3. The van der Waals surface area contributed by atoms with Crippen LogP contribution in [0.1, 0.15) is 51.0 Å². The van der Waals surface area contributed by atoms with Gasteiger partial charge in [0.05, 0.1) is 12.4 Å². The van der Waals surface area contributed by atoms with Gasteiger partial charge in [-0.05, 0) is 29.2 Å². The van der Waals surface area contributed by atoms with E-state index in [1.165, 1.54) is 10.6 Å². The third-order valence-electron chi connectivity index (χ3n) is 7.23. The molecule has 5 N–H and O–H groups in total. The van der Waals surface area contributed by atoms with E-state index in [9.17, 15) is 23.1 Å². The summed E-state index contributed by atoms with van der Waals surface area (Å²) < 4.78 is 26.8. The lowest BCUT2D eigenvalue weighted by molar-refractivity contribution is -0.131. The second-order valence-electron chi connectivity index (χ2n) is 10.5. The second-order valence-corrected chi connectivity index (χ2v) is 12.4. The Morgan fingerprint density at radius 2 is 1.69 bits per heavy atom. The van der Waals surface area contributed by atoms with Crippen molar-refractivity contribution in [3.8, 4) is 0 Å². The molecule has 0 aromatic heterocycles. The Hall–Kier alpha value is -2.24. The van der Waals surface area contributed by atoms with Gasteiger partial charge in [0.2, 0.25) is 21.8 Å². The summed E-state index contributed by atoms with van der Waals surface area (Å²) in [7, 11) is -3.51. The summed E-state index contributed by atoms with van der Waals surface area (Å²) in [5.74, 6) is -1.49. The minimum atomic E-state index is -3.51. The molecule has 0 spiro atoms. The van der Waals surface area contributed by atoms with Crippen LogP contribution in [0.25, 0.3) is 10.8 Å². The summed E-state index contributed by atoms with van der Waals surface area (Å²) in [4.78, 5) is 26.4. The maximum Gasteiger partial charge on any atom is 0.243 e. The summed E-state index contributed by atoms with van der Waals surface area (Å²) in [5.41, 5.74) is 6.33. The molecule has 1 aliphatic rings. The first-order chi connectivity index (χ1) is 18.1. The smallest absolute Gasteiger partial charge is 0.243 e. The van der Waals surface area contributed by atoms with Crippen molar-refractivity contribution in [2.45, 2.75) is 70.1 Å². The van der Waals surface area contributed by atoms with Crippen LogP contribution >= 0.6 is 12.4 Å². The Balaban J connectivity index is 0.00000533. The number of sulfonamides is 1. The highest BCUT2D eigenvalue weighted by Gasteiger charge is 2.32. The van der Waals surface area contributed by atoms with Crippen molar-refractivity contribution >= 4 is 45.0 Å². The number of fused-ring (bicyclic) bond motifs is 1.